The van der Waals surface area contributed by atoms with Crippen LogP contribution in [0.25, 0.3) is 0 Å². The highest BCUT2D eigenvalue weighted by Gasteiger charge is 2.20. The molecule has 2 heterocycles. The van der Waals surface area contributed by atoms with Crippen molar-refractivity contribution in [2.24, 2.45) is 5.92 Å². The molecule has 1 aliphatic rings. The summed E-state index contributed by atoms with van der Waals surface area (Å²) < 4.78 is 31.3. The Kier molecular flexibility index (Phi) is 3.65. The third-order valence-electron chi connectivity index (χ3n) is 2.79. The first-order chi connectivity index (χ1) is 8.09. The lowest BCUT2D eigenvalue weighted by Crippen LogP contribution is -2.26. The highest BCUT2D eigenvalue weighted by Crippen LogP contribution is 2.17. The van der Waals surface area contributed by atoms with Crippen LogP contribution in [0.1, 0.15) is 12.8 Å². The molecule has 1 aromatic heterocycles. The molecule has 1 aliphatic heterocycles. The van der Waals surface area contributed by atoms with Gasteiger partial charge in [0, 0.05) is 19.8 Å². The second kappa shape index (κ2) is 5.03. The van der Waals surface area contributed by atoms with Crippen molar-refractivity contribution < 1.29 is 13.2 Å². The number of rotatable bonds is 5. The van der Waals surface area contributed by atoms with Crippen LogP contribution in [0.2, 0.25) is 0 Å². The summed E-state index contributed by atoms with van der Waals surface area (Å²) in [4.78, 5) is 0.000159. The lowest BCUT2D eigenvalue weighted by atomic mass is 10.1. The molecular formula is C9H16N4O3S. The van der Waals surface area contributed by atoms with Gasteiger partial charge in [-0.25, -0.2) is 13.1 Å². The van der Waals surface area contributed by atoms with E-state index in [0.717, 1.165) is 26.1 Å². The standard InChI is InChI=1S/C9H16N4O3S/c10-9-8(5-11-13-9)17(14,15)12-3-1-7-2-4-16-6-7/h5,7,12H,1-4,6H2,(H3,10,11,13). The number of nitrogens with zero attached hydrogens (tertiary/aromatic N) is 1. The van der Waals surface area contributed by atoms with Crippen LogP contribution in [-0.2, 0) is 14.8 Å². The average molecular weight is 260 g/mol. The summed E-state index contributed by atoms with van der Waals surface area (Å²) in [5.74, 6) is 0.501. The van der Waals surface area contributed by atoms with Crippen molar-refractivity contribution in [3.63, 3.8) is 0 Å². The Morgan fingerprint density at radius 3 is 3.06 bits per heavy atom. The normalized spacial score (nSPS) is 20.8. The largest absolute Gasteiger partial charge is 0.383 e. The lowest BCUT2D eigenvalue weighted by molar-refractivity contribution is 0.184. The van der Waals surface area contributed by atoms with E-state index < -0.39 is 10.0 Å². The Bertz CT molecular complexity index is 464. The van der Waals surface area contributed by atoms with Gasteiger partial charge in [0.1, 0.15) is 10.7 Å². The molecule has 7 nitrogen and oxygen atoms in total. The maximum atomic E-state index is 11.8. The van der Waals surface area contributed by atoms with E-state index in [1.165, 1.54) is 6.20 Å². The summed E-state index contributed by atoms with van der Waals surface area (Å²) >= 11 is 0. The number of H-pyrrole nitrogens is 1. The summed E-state index contributed by atoms with van der Waals surface area (Å²) in [6.07, 6.45) is 2.98. The van der Waals surface area contributed by atoms with E-state index in [2.05, 4.69) is 14.9 Å². The summed E-state index contributed by atoms with van der Waals surface area (Å²) in [5, 5.41) is 5.98. The van der Waals surface area contributed by atoms with Crippen molar-refractivity contribution in [3.8, 4) is 0 Å². The van der Waals surface area contributed by atoms with Crippen LogP contribution in [0, 0.1) is 5.92 Å². The lowest BCUT2D eigenvalue weighted by Gasteiger charge is -2.08. The minimum atomic E-state index is -3.55. The predicted molar refractivity (Wildman–Crippen MR) is 61.7 cm³/mol. The van der Waals surface area contributed by atoms with Crippen LogP contribution < -0.4 is 10.5 Å². The molecule has 0 aliphatic carbocycles. The van der Waals surface area contributed by atoms with E-state index in [4.69, 9.17) is 10.5 Å². The van der Waals surface area contributed by atoms with E-state index in [1.807, 2.05) is 0 Å². The maximum Gasteiger partial charge on any atom is 0.245 e. The van der Waals surface area contributed by atoms with E-state index in [9.17, 15) is 8.42 Å². The zero-order valence-corrected chi connectivity index (χ0v) is 10.2. The summed E-state index contributed by atoms with van der Waals surface area (Å²) in [6.45, 7) is 1.88. The molecule has 2 rings (SSSR count). The Labute approximate surface area is 99.8 Å². The number of nitrogens with two attached hydrogens (primary N) is 1. The summed E-state index contributed by atoms with van der Waals surface area (Å²) in [6, 6.07) is 0. The van der Waals surface area contributed by atoms with Gasteiger partial charge in [-0.2, -0.15) is 5.10 Å². The fraction of sp³-hybridized carbons (Fsp3) is 0.667. The molecule has 1 fully saturated rings. The highest BCUT2D eigenvalue weighted by molar-refractivity contribution is 7.89. The third-order valence-corrected chi connectivity index (χ3v) is 4.28. The number of anilines is 1. The first kappa shape index (κ1) is 12.3. The number of nitrogens with one attached hydrogen (secondary N) is 2. The van der Waals surface area contributed by atoms with Crippen LogP contribution in [0.5, 0.6) is 0 Å². The maximum absolute atomic E-state index is 11.8. The molecule has 0 radical (unpaired) electrons. The minimum Gasteiger partial charge on any atom is -0.383 e. The van der Waals surface area contributed by atoms with E-state index in [-0.39, 0.29) is 10.7 Å². The van der Waals surface area contributed by atoms with Gasteiger partial charge in [-0.3, -0.25) is 5.10 Å². The van der Waals surface area contributed by atoms with Crippen LogP contribution in [0.15, 0.2) is 11.1 Å². The molecular weight excluding hydrogens is 244 g/mol. The number of aromatic amines is 1. The molecule has 8 heteroatoms. The molecule has 0 aromatic carbocycles. The first-order valence-corrected chi connectivity index (χ1v) is 6.94. The Morgan fingerprint density at radius 2 is 2.47 bits per heavy atom. The van der Waals surface area contributed by atoms with Crippen molar-refractivity contribution in [1.82, 2.24) is 14.9 Å². The van der Waals surface area contributed by atoms with Crippen LogP contribution in [-0.4, -0.2) is 38.4 Å². The molecule has 0 spiro atoms. The Morgan fingerprint density at radius 1 is 1.65 bits per heavy atom. The van der Waals surface area contributed by atoms with Gasteiger partial charge in [-0.1, -0.05) is 0 Å². The SMILES string of the molecule is Nc1[nH]ncc1S(=O)(=O)NCCC1CCOC1. The first-order valence-electron chi connectivity index (χ1n) is 5.46. The number of ether oxygens (including phenoxy) is 1. The van der Waals surface area contributed by atoms with Gasteiger partial charge in [0.2, 0.25) is 10.0 Å². The monoisotopic (exact) mass is 260 g/mol. The van der Waals surface area contributed by atoms with Crippen molar-refractivity contribution in [2.45, 2.75) is 17.7 Å². The molecule has 1 saturated heterocycles. The fourth-order valence-electron chi connectivity index (χ4n) is 1.79. The predicted octanol–water partition coefficient (Wildman–Crippen LogP) is -0.303. The Hall–Kier alpha value is -1.12. The number of nitrogen functional groups attached to an aromatic ring is 1. The van der Waals surface area contributed by atoms with Crippen LogP contribution >= 0.6 is 0 Å². The number of hydrogen-bond donors (Lipinski definition) is 3. The van der Waals surface area contributed by atoms with Crippen molar-refractivity contribution in [2.75, 3.05) is 25.5 Å². The van der Waals surface area contributed by atoms with E-state index in [0.29, 0.717) is 12.5 Å². The van der Waals surface area contributed by atoms with Crippen molar-refractivity contribution in [3.05, 3.63) is 6.20 Å². The topological polar surface area (TPSA) is 110 Å². The van der Waals surface area contributed by atoms with E-state index in [1.54, 1.807) is 0 Å². The van der Waals surface area contributed by atoms with Gasteiger partial charge in [-0.15, -0.1) is 0 Å². The molecule has 1 atom stereocenters. The van der Waals surface area contributed by atoms with E-state index >= 15 is 0 Å². The Balaban J connectivity index is 1.87. The van der Waals surface area contributed by atoms with Gasteiger partial charge >= 0.3 is 0 Å². The second-order valence-corrected chi connectivity index (χ2v) is 5.80. The second-order valence-electron chi connectivity index (χ2n) is 4.06. The average Bonchev–Trinajstić information content (AvgIpc) is 2.88. The number of sulfonamides is 1. The van der Waals surface area contributed by atoms with Gasteiger partial charge < -0.3 is 10.5 Å². The van der Waals surface area contributed by atoms with Crippen molar-refractivity contribution >= 4 is 15.8 Å². The van der Waals surface area contributed by atoms with Crippen LogP contribution in [0.4, 0.5) is 5.82 Å². The molecule has 1 aromatic rings. The molecule has 96 valence electrons. The zero-order chi connectivity index (χ0) is 12.3. The highest BCUT2D eigenvalue weighted by atomic mass is 32.2. The smallest absolute Gasteiger partial charge is 0.245 e. The fourth-order valence-corrected chi connectivity index (χ4v) is 2.85. The summed E-state index contributed by atoms with van der Waals surface area (Å²) in [5.41, 5.74) is 5.46. The molecule has 4 N–H and O–H groups in total. The summed E-state index contributed by atoms with van der Waals surface area (Å²) in [7, 11) is -3.55. The molecule has 0 bridgehead atoms. The quantitative estimate of drug-likeness (QED) is 0.673. The van der Waals surface area contributed by atoms with Crippen LogP contribution in [0.3, 0.4) is 0 Å². The van der Waals surface area contributed by atoms with Gasteiger partial charge in [0.25, 0.3) is 0 Å². The molecule has 17 heavy (non-hydrogen) atoms. The third kappa shape index (κ3) is 2.96. The van der Waals surface area contributed by atoms with Gasteiger partial charge in [-0.05, 0) is 18.8 Å². The molecule has 0 amide bonds. The van der Waals surface area contributed by atoms with Crippen molar-refractivity contribution in [1.29, 1.82) is 0 Å². The van der Waals surface area contributed by atoms with Gasteiger partial charge in [0.15, 0.2) is 0 Å². The zero-order valence-electron chi connectivity index (χ0n) is 9.35. The number of hydrogen-bond acceptors (Lipinski definition) is 5. The number of aromatic nitrogens is 2. The molecule has 1 unspecified atom stereocenters. The minimum absolute atomic E-state index is 0.000159. The molecule has 0 saturated carbocycles. The van der Waals surface area contributed by atoms with Gasteiger partial charge in [0.05, 0.1) is 6.20 Å².